The van der Waals surface area contributed by atoms with Gasteiger partial charge < -0.3 is 44.4 Å². The number of nitrogens with zero attached hydrogens (tertiary/aromatic N) is 3. The van der Waals surface area contributed by atoms with Gasteiger partial charge in [-0.2, -0.15) is 4.98 Å². The van der Waals surface area contributed by atoms with Crippen molar-refractivity contribution >= 4 is 26.1 Å². The second-order valence-electron chi connectivity index (χ2n) is 14.5. The van der Waals surface area contributed by atoms with Crippen LogP contribution in [0.4, 0.5) is 5.82 Å². The number of carbonyl (C=O) groups excluding carboxylic acids is 2. The van der Waals surface area contributed by atoms with Crippen LogP contribution >= 0.6 is 0 Å². The third-order valence-corrected chi connectivity index (χ3v) is 14.2. The molecule has 0 radical (unpaired) electrons. The zero-order valence-corrected chi connectivity index (χ0v) is 31.4. The number of nitrogens with two attached hydrogens (primary N) is 1. The van der Waals surface area contributed by atoms with Gasteiger partial charge in [-0.25, -0.2) is 9.59 Å². The van der Waals surface area contributed by atoms with Gasteiger partial charge in [-0.3, -0.25) is 28.5 Å². The van der Waals surface area contributed by atoms with Crippen molar-refractivity contribution in [2.24, 2.45) is 11.8 Å². The monoisotopic (exact) mass is 741 g/mol. The van der Waals surface area contributed by atoms with Gasteiger partial charge in [0.25, 0.3) is 5.56 Å². The van der Waals surface area contributed by atoms with Crippen molar-refractivity contribution < 1.29 is 48.3 Å². The van der Waals surface area contributed by atoms with Crippen LogP contribution in [-0.2, 0) is 33.0 Å². The average molecular weight is 742 g/mol. The van der Waals surface area contributed by atoms with Gasteiger partial charge in [0.15, 0.2) is 13.9 Å². The van der Waals surface area contributed by atoms with Gasteiger partial charge in [-0.1, -0.05) is 34.6 Å². The molecule has 19 heteroatoms. The van der Waals surface area contributed by atoms with E-state index in [4.69, 9.17) is 29.1 Å². The van der Waals surface area contributed by atoms with E-state index in [2.05, 4.69) is 43.8 Å². The van der Waals surface area contributed by atoms with Crippen molar-refractivity contribution in [1.82, 2.24) is 19.1 Å². The van der Waals surface area contributed by atoms with E-state index in [0.29, 0.717) is 0 Å². The highest BCUT2D eigenvalue weighted by Gasteiger charge is 2.59. The Hall–Kier alpha value is -3.72. The zero-order valence-electron chi connectivity index (χ0n) is 30.4. The Morgan fingerprint density at radius 1 is 0.941 bits per heavy atom. The molecule has 0 spiro atoms. The summed E-state index contributed by atoms with van der Waals surface area (Å²) in [4.78, 5) is 64.9. The fourth-order valence-corrected chi connectivity index (χ4v) is 7.12. The molecule has 0 amide bonds. The normalized spacial score (nSPS) is 25.5. The summed E-state index contributed by atoms with van der Waals surface area (Å²) < 4.78 is 31.6. The molecule has 0 aromatic carbocycles. The van der Waals surface area contributed by atoms with Crippen LogP contribution < -0.4 is 22.7 Å². The van der Waals surface area contributed by atoms with E-state index in [1.165, 1.54) is 47.5 Å². The second kappa shape index (κ2) is 15.9. The summed E-state index contributed by atoms with van der Waals surface area (Å²) in [6, 6.07) is 2.65. The summed E-state index contributed by atoms with van der Waals surface area (Å²) in [5, 5.41) is 28.6. The number of hydrogen-bond donors (Lipinski definition) is 5. The van der Waals surface area contributed by atoms with Crippen molar-refractivity contribution in [3.63, 3.8) is 0 Å². The third-order valence-electron chi connectivity index (χ3n) is 9.70. The smallest absolute Gasteiger partial charge is 0.351 e. The first-order valence-electron chi connectivity index (χ1n) is 16.4. The van der Waals surface area contributed by atoms with Crippen LogP contribution in [0.2, 0.25) is 18.1 Å². The van der Waals surface area contributed by atoms with Gasteiger partial charge in [-0.05, 0) is 24.2 Å². The Morgan fingerprint density at radius 2 is 1.45 bits per heavy atom. The number of anilines is 1. The summed E-state index contributed by atoms with van der Waals surface area (Å²) >= 11 is 0. The van der Waals surface area contributed by atoms with E-state index in [0.717, 1.165) is 0 Å². The highest BCUT2D eigenvalue weighted by Crippen LogP contribution is 2.47. The molecule has 6 N–H and O–H groups in total. The third kappa shape index (κ3) is 9.02. The first-order chi connectivity index (χ1) is 23.5. The number of esters is 2. The van der Waals surface area contributed by atoms with Crippen LogP contribution in [-0.4, -0.2) is 105 Å². The largest absolute Gasteiger partial charge is 0.463 e. The zero-order chi connectivity index (χ0) is 38.7. The van der Waals surface area contributed by atoms with E-state index in [-0.39, 0.29) is 24.1 Å². The molecule has 18 nitrogen and oxygen atoms in total. The van der Waals surface area contributed by atoms with Crippen molar-refractivity contribution in [2.75, 3.05) is 32.2 Å². The van der Waals surface area contributed by atoms with Crippen LogP contribution in [0.25, 0.3) is 0 Å². The molecular formula is C32H51N5O13Si. The standard InChI is InChI=1S/C21H34N2O8Si.C11H17N3O5/c1-13-17(31-32(7,8)20(4,5)6)21(11-28-14(2)24,12-29-15(3)25)30-18(13)23-10-9-16(26)22-19(23)27;1-6-8(17)11(4-15,5-16)19-9(6)14-3-2-7(12)13-10(14)18/h9-10,13,17-18H,11-12H2,1-8H3,(H,22,26,27);2-3,6,8-9,15-17H,4-5H2,1H3,(H2,12,13,18). The number of aromatic amines is 1. The first-order valence-corrected chi connectivity index (χ1v) is 19.3. The SMILES string of the molecule is CC(=O)OCC1(COC(C)=O)OC(n2ccc(=O)[nH]c2=O)C(C)C1O[Si](C)(C)C(C)(C)C.CC1C(n2ccc(N)nc2=O)OC(CO)(CO)C1O. The number of hydrogen-bond acceptors (Lipinski definition) is 15. The number of carbonyl (C=O) groups is 2. The summed E-state index contributed by atoms with van der Waals surface area (Å²) in [5.41, 5.74) is 0.789. The minimum Gasteiger partial charge on any atom is -0.463 e. The summed E-state index contributed by atoms with van der Waals surface area (Å²) in [6.07, 6.45) is -0.680. The molecule has 51 heavy (non-hydrogen) atoms. The Morgan fingerprint density at radius 3 is 1.90 bits per heavy atom. The summed E-state index contributed by atoms with van der Waals surface area (Å²) in [5.74, 6) is -1.87. The number of aliphatic hydroxyl groups is 3. The molecule has 0 saturated carbocycles. The lowest BCUT2D eigenvalue weighted by Gasteiger charge is -2.43. The molecule has 2 saturated heterocycles. The van der Waals surface area contributed by atoms with Crippen LogP contribution in [0.3, 0.4) is 0 Å². The van der Waals surface area contributed by atoms with Gasteiger partial charge in [0.2, 0.25) is 0 Å². The lowest BCUT2D eigenvalue weighted by molar-refractivity contribution is -0.183. The maximum atomic E-state index is 12.5. The van der Waals surface area contributed by atoms with Gasteiger partial charge in [-0.15, -0.1) is 0 Å². The summed E-state index contributed by atoms with van der Waals surface area (Å²) in [7, 11) is -2.37. The molecule has 2 aliphatic heterocycles. The van der Waals surface area contributed by atoms with Crippen LogP contribution in [0, 0.1) is 11.8 Å². The molecule has 6 atom stereocenters. The number of nitrogens with one attached hydrogen (secondary N) is 1. The fraction of sp³-hybridized carbons (Fsp3) is 0.688. The molecular weight excluding hydrogens is 690 g/mol. The van der Waals surface area contributed by atoms with E-state index in [9.17, 15) is 39.3 Å². The highest BCUT2D eigenvalue weighted by atomic mass is 28.4. The Bertz CT molecular complexity index is 1700. The van der Waals surface area contributed by atoms with Crippen LogP contribution in [0.15, 0.2) is 38.9 Å². The molecule has 6 unspecified atom stereocenters. The molecule has 286 valence electrons. The van der Waals surface area contributed by atoms with E-state index in [1.54, 1.807) is 6.92 Å². The first kappa shape index (κ1) is 41.7. The molecule has 2 aliphatic rings. The van der Waals surface area contributed by atoms with Crippen LogP contribution in [0.1, 0.15) is 60.9 Å². The van der Waals surface area contributed by atoms with Crippen molar-refractivity contribution in [3.05, 3.63) is 55.8 Å². The van der Waals surface area contributed by atoms with Crippen molar-refractivity contribution in [3.8, 4) is 0 Å². The van der Waals surface area contributed by atoms with Gasteiger partial charge in [0.1, 0.15) is 37.1 Å². The summed E-state index contributed by atoms with van der Waals surface area (Å²) in [6.45, 7) is 14.9. The topological polar surface area (TPSA) is 257 Å². The van der Waals surface area contributed by atoms with E-state index < -0.39 is 98.1 Å². The number of H-pyrrole nitrogens is 1. The lowest BCUT2D eigenvalue weighted by atomic mass is 9.91. The van der Waals surface area contributed by atoms with E-state index in [1.807, 2.05) is 6.92 Å². The number of aromatic nitrogens is 4. The molecule has 0 bridgehead atoms. The van der Waals surface area contributed by atoms with Gasteiger partial charge in [0, 0.05) is 44.1 Å². The quantitative estimate of drug-likeness (QED) is 0.159. The second-order valence-corrected chi connectivity index (χ2v) is 19.3. The van der Waals surface area contributed by atoms with Crippen molar-refractivity contribution in [1.29, 1.82) is 0 Å². The molecule has 2 aromatic heterocycles. The molecule has 0 aliphatic carbocycles. The van der Waals surface area contributed by atoms with Crippen molar-refractivity contribution in [2.45, 2.75) is 102 Å². The van der Waals surface area contributed by atoms with Crippen LogP contribution in [0.5, 0.6) is 0 Å². The number of aliphatic hydroxyl groups excluding tert-OH is 3. The van der Waals surface area contributed by atoms with Gasteiger partial charge >= 0.3 is 23.3 Å². The number of nitrogen functional groups attached to an aromatic ring is 1. The highest BCUT2D eigenvalue weighted by molar-refractivity contribution is 6.74. The molecule has 2 aromatic rings. The minimum atomic E-state index is -2.37. The lowest BCUT2D eigenvalue weighted by Crippen LogP contribution is -2.56. The maximum absolute atomic E-state index is 12.5. The Balaban J connectivity index is 0.000000313. The van der Waals surface area contributed by atoms with E-state index >= 15 is 0 Å². The maximum Gasteiger partial charge on any atom is 0.351 e. The minimum absolute atomic E-state index is 0.0861. The van der Waals surface area contributed by atoms with Gasteiger partial charge in [0.05, 0.1) is 25.4 Å². The Labute approximate surface area is 295 Å². The Kier molecular flexibility index (Phi) is 13.0. The molecule has 2 fully saturated rings. The fourth-order valence-electron chi connectivity index (χ4n) is 5.71. The predicted molar refractivity (Wildman–Crippen MR) is 184 cm³/mol. The predicted octanol–water partition coefficient (Wildman–Crippen LogP) is 0.0316. The number of ether oxygens (including phenoxy) is 4. The molecule has 4 heterocycles. The average Bonchev–Trinajstić information content (AvgIpc) is 3.44. The molecule has 4 rings (SSSR count). The number of rotatable bonds is 10.